The van der Waals surface area contributed by atoms with Gasteiger partial charge in [0.2, 0.25) is 0 Å². The van der Waals surface area contributed by atoms with Crippen LogP contribution in [0.2, 0.25) is 0 Å². The topological polar surface area (TPSA) is 103 Å². The highest BCUT2D eigenvalue weighted by molar-refractivity contribution is 6.27. The zero-order valence-corrected chi connectivity index (χ0v) is 38.5. The van der Waals surface area contributed by atoms with E-state index in [0.717, 1.165) is 104 Å². The molecule has 0 N–H and O–H groups in total. The van der Waals surface area contributed by atoms with Gasteiger partial charge in [0.15, 0.2) is 34.9 Å². The van der Waals surface area contributed by atoms with Gasteiger partial charge in [-0.2, -0.15) is 0 Å². The molecule has 0 aliphatic heterocycles. The van der Waals surface area contributed by atoms with Gasteiger partial charge in [-0.1, -0.05) is 188 Å². The van der Waals surface area contributed by atoms with E-state index in [2.05, 4.69) is 181 Å². The third kappa shape index (κ3) is 7.08. The second-order valence-corrected chi connectivity index (χ2v) is 17.9. The maximum atomic E-state index is 5.32. The van der Waals surface area contributed by atoms with Gasteiger partial charge in [0.25, 0.3) is 0 Å². The van der Waals surface area contributed by atoms with Crippen molar-refractivity contribution in [2.24, 2.45) is 0 Å². The molecular formula is C64H38N8. The lowest BCUT2D eigenvalue weighted by atomic mass is 9.89. The highest BCUT2D eigenvalue weighted by Gasteiger charge is 2.22. The van der Waals surface area contributed by atoms with Gasteiger partial charge in [0.05, 0.1) is 5.69 Å². The molecule has 0 fully saturated rings. The molecule has 14 rings (SSSR count). The van der Waals surface area contributed by atoms with Gasteiger partial charge in [0.1, 0.15) is 5.69 Å². The van der Waals surface area contributed by atoms with Crippen molar-refractivity contribution in [2.45, 2.75) is 0 Å². The van der Waals surface area contributed by atoms with Crippen LogP contribution in [0.1, 0.15) is 0 Å². The van der Waals surface area contributed by atoms with E-state index in [9.17, 15) is 0 Å². The van der Waals surface area contributed by atoms with Crippen molar-refractivity contribution in [2.75, 3.05) is 0 Å². The van der Waals surface area contributed by atoms with Crippen molar-refractivity contribution in [3.05, 3.63) is 231 Å². The number of nitrogens with zero attached hydrogens (tertiary/aromatic N) is 8. The van der Waals surface area contributed by atoms with Gasteiger partial charge in [-0.25, -0.2) is 29.9 Å². The second-order valence-electron chi connectivity index (χ2n) is 17.9. The summed E-state index contributed by atoms with van der Waals surface area (Å²) in [7, 11) is 0. The van der Waals surface area contributed by atoms with E-state index in [4.69, 9.17) is 34.9 Å². The molecule has 0 aliphatic carbocycles. The lowest BCUT2D eigenvalue weighted by Crippen LogP contribution is -2.02. The number of fused-ring (bicyclic) bond motifs is 2. The SMILES string of the molecule is c1ccc(-c2ccc(-c3nc(-c4cccc5ccccc45)nc(-c4ccc5ccc6c(-c7nc(-c8ccc(-c9ccccn9)cc8)nc(-c8cccc9ccccc89)n7)ccc7ccc4c5c76)n3)nc2)cc1. The summed E-state index contributed by atoms with van der Waals surface area (Å²) in [6.45, 7) is 0. The van der Waals surface area contributed by atoms with Crippen molar-refractivity contribution in [1.82, 2.24) is 39.9 Å². The molecule has 8 nitrogen and oxygen atoms in total. The molecule has 8 heteroatoms. The molecule has 10 aromatic carbocycles. The third-order valence-corrected chi connectivity index (χ3v) is 13.7. The summed E-state index contributed by atoms with van der Waals surface area (Å²) in [6.07, 6.45) is 3.70. The maximum Gasteiger partial charge on any atom is 0.182 e. The monoisotopic (exact) mass is 918 g/mol. The lowest BCUT2D eigenvalue weighted by molar-refractivity contribution is 1.06. The normalized spacial score (nSPS) is 11.6. The molecule has 4 heterocycles. The smallest absolute Gasteiger partial charge is 0.182 e. The first-order chi connectivity index (χ1) is 35.7. The Hall–Kier alpha value is -9.92. The predicted octanol–water partition coefficient (Wildman–Crippen LogP) is 15.4. The standard InChI is InChI=1S/C64H38N8/c1-2-12-39(13-3-1)46-31-36-56(66-38-46)64-71-61(52-21-11-17-41-15-5-7-19-48(41)52)70-63(72-64)54-35-30-44-27-32-49-53(34-29-43-28-33-50(54)58(44)57(43)49)62-68-59(45-25-23-42(24-26-45)55-22-8-9-37-65-55)67-60(69-62)51-20-10-16-40-14-4-6-18-47(40)51/h1-38H. The molecule has 0 atom stereocenters. The summed E-state index contributed by atoms with van der Waals surface area (Å²) < 4.78 is 0. The van der Waals surface area contributed by atoms with Crippen molar-refractivity contribution < 1.29 is 0 Å². The predicted molar refractivity (Wildman–Crippen MR) is 291 cm³/mol. The fourth-order valence-corrected chi connectivity index (χ4v) is 10.2. The van der Waals surface area contributed by atoms with Crippen LogP contribution >= 0.6 is 0 Å². The quantitative estimate of drug-likeness (QED) is 0.139. The molecule has 0 radical (unpaired) electrons. The molecule has 0 bridgehead atoms. The second kappa shape index (κ2) is 16.9. The summed E-state index contributed by atoms with van der Waals surface area (Å²) in [5.41, 5.74) is 9.22. The molecule has 14 aromatic rings. The summed E-state index contributed by atoms with van der Waals surface area (Å²) in [6, 6.07) is 75.2. The van der Waals surface area contributed by atoms with Crippen LogP contribution in [0.5, 0.6) is 0 Å². The fourth-order valence-electron chi connectivity index (χ4n) is 10.2. The number of benzene rings is 10. The van der Waals surface area contributed by atoms with Crippen LogP contribution in [0.25, 0.3) is 145 Å². The lowest BCUT2D eigenvalue weighted by Gasteiger charge is -2.17. The minimum atomic E-state index is 0.495. The van der Waals surface area contributed by atoms with Gasteiger partial charge in [-0.05, 0) is 89.8 Å². The maximum absolute atomic E-state index is 5.32. The van der Waals surface area contributed by atoms with Crippen LogP contribution in [0.3, 0.4) is 0 Å². The molecule has 0 spiro atoms. The first kappa shape index (κ1) is 41.1. The van der Waals surface area contributed by atoms with E-state index in [1.165, 1.54) is 0 Å². The van der Waals surface area contributed by atoms with E-state index in [1.807, 2.05) is 54.9 Å². The highest BCUT2D eigenvalue weighted by atomic mass is 15.1. The van der Waals surface area contributed by atoms with Crippen LogP contribution in [-0.4, -0.2) is 39.9 Å². The Balaban J connectivity index is 0.952. The van der Waals surface area contributed by atoms with E-state index in [0.29, 0.717) is 40.6 Å². The largest absolute Gasteiger partial charge is 0.256 e. The highest BCUT2D eigenvalue weighted by Crippen LogP contribution is 2.43. The number of pyridine rings is 2. The summed E-state index contributed by atoms with van der Waals surface area (Å²) >= 11 is 0. The number of rotatable bonds is 8. The van der Waals surface area contributed by atoms with Gasteiger partial charge in [-0.15, -0.1) is 0 Å². The van der Waals surface area contributed by atoms with Gasteiger partial charge in [0, 0.05) is 51.3 Å². The molecule has 0 saturated heterocycles. The first-order valence-corrected chi connectivity index (χ1v) is 23.9. The average Bonchev–Trinajstić information content (AvgIpc) is 3.46. The Morgan fingerprint density at radius 2 is 0.694 bits per heavy atom. The molecule has 0 amide bonds. The Kier molecular flexibility index (Phi) is 9.67. The van der Waals surface area contributed by atoms with Crippen LogP contribution in [-0.2, 0) is 0 Å². The fraction of sp³-hybridized carbons (Fsp3) is 0. The molecule has 0 aliphatic rings. The van der Waals surface area contributed by atoms with Crippen LogP contribution in [0, 0.1) is 0 Å². The minimum Gasteiger partial charge on any atom is -0.256 e. The van der Waals surface area contributed by atoms with E-state index < -0.39 is 0 Å². The summed E-state index contributed by atoms with van der Waals surface area (Å²) in [5.74, 6) is 3.40. The number of hydrogen-bond donors (Lipinski definition) is 0. The van der Waals surface area contributed by atoms with E-state index in [-0.39, 0.29) is 0 Å². The van der Waals surface area contributed by atoms with E-state index >= 15 is 0 Å². The number of aromatic nitrogens is 8. The van der Waals surface area contributed by atoms with Gasteiger partial charge < -0.3 is 0 Å². The van der Waals surface area contributed by atoms with Gasteiger partial charge >= 0.3 is 0 Å². The van der Waals surface area contributed by atoms with Crippen LogP contribution in [0.4, 0.5) is 0 Å². The minimum absolute atomic E-state index is 0.495. The Labute approximate surface area is 413 Å². The average molecular weight is 919 g/mol. The van der Waals surface area contributed by atoms with Crippen molar-refractivity contribution in [3.63, 3.8) is 0 Å². The van der Waals surface area contributed by atoms with Crippen LogP contribution in [0.15, 0.2) is 231 Å². The molecule has 72 heavy (non-hydrogen) atoms. The van der Waals surface area contributed by atoms with Crippen molar-refractivity contribution in [3.8, 4) is 90.8 Å². The molecule has 0 saturated carbocycles. The van der Waals surface area contributed by atoms with E-state index in [1.54, 1.807) is 0 Å². The molecule has 4 aromatic heterocycles. The Morgan fingerprint density at radius 3 is 1.25 bits per heavy atom. The molecule has 334 valence electrons. The Morgan fingerprint density at radius 1 is 0.222 bits per heavy atom. The molecule has 0 unspecified atom stereocenters. The zero-order valence-electron chi connectivity index (χ0n) is 38.5. The summed E-state index contributed by atoms with van der Waals surface area (Å²) in [4.78, 5) is 41.0. The number of hydrogen-bond acceptors (Lipinski definition) is 8. The van der Waals surface area contributed by atoms with Crippen molar-refractivity contribution >= 4 is 53.9 Å². The zero-order chi connectivity index (χ0) is 47.5. The molecular weight excluding hydrogens is 881 g/mol. The summed E-state index contributed by atoms with van der Waals surface area (Å²) in [5, 5.41) is 10.8. The van der Waals surface area contributed by atoms with Crippen LogP contribution < -0.4 is 0 Å². The first-order valence-electron chi connectivity index (χ1n) is 23.9. The van der Waals surface area contributed by atoms with Gasteiger partial charge in [-0.3, -0.25) is 9.97 Å². The van der Waals surface area contributed by atoms with Crippen molar-refractivity contribution in [1.29, 1.82) is 0 Å². The Bertz CT molecular complexity index is 4080. The third-order valence-electron chi connectivity index (χ3n) is 13.7.